The number of fused-ring (bicyclic) bond motifs is 2. The lowest BCUT2D eigenvalue weighted by molar-refractivity contribution is 0.0291. The smallest absolute Gasteiger partial charge is 0.268 e. The zero-order valence-corrected chi connectivity index (χ0v) is 11.6. The highest BCUT2D eigenvalue weighted by atomic mass is 32.1. The van der Waals surface area contributed by atoms with Crippen LogP contribution in [0.1, 0.15) is 35.4 Å². The highest BCUT2D eigenvalue weighted by Crippen LogP contribution is 2.38. The highest BCUT2D eigenvalue weighted by Gasteiger charge is 2.43. The number of nitrogens with two attached hydrogens (primary N) is 1. The third-order valence-corrected chi connectivity index (χ3v) is 5.08. The van der Waals surface area contributed by atoms with Crippen molar-refractivity contribution in [2.24, 2.45) is 0 Å². The van der Waals surface area contributed by atoms with Crippen LogP contribution in [0.4, 0.5) is 10.9 Å². The molecular formula is C12H18N4O2S. The number of hydrogen-bond donors (Lipinski definition) is 3. The van der Waals surface area contributed by atoms with Crippen LogP contribution in [-0.4, -0.2) is 46.1 Å². The number of anilines is 2. The van der Waals surface area contributed by atoms with Crippen molar-refractivity contribution in [3.63, 3.8) is 0 Å². The van der Waals surface area contributed by atoms with Gasteiger partial charge in [-0.3, -0.25) is 4.79 Å². The molecule has 104 valence electrons. The lowest BCUT2D eigenvalue weighted by Crippen LogP contribution is -2.47. The maximum Gasteiger partial charge on any atom is 0.268 e. The van der Waals surface area contributed by atoms with E-state index >= 15 is 0 Å². The zero-order valence-electron chi connectivity index (χ0n) is 10.8. The van der Waals surface area contributed by atoms with Gasteiger partial charge < -0.3 is 21.1 Å². The predicted molar refractivity (Wildman–Crippen MR) is 74.3 cm³/mol. The van der Waals surface area contributed by atoms with Crippen LogP contribution < -0.4 is 11.1 Å². The fourth-order valence-corrected chi connectivity index (χ4v) is 3.97. The zero-order chi connectivity index (χ0) is 13.6. The summed E-state index contributed by atoms with van der Waals surface area (Å²) in [6.07, 6.45) is 3.05. The summed E-state index contributed by atoms with van der Waals surface area (Å²) < 4.78 is 0. The molecule has 4 N–H and O–H groups in total. The van der Waals surface area contributed by atoms with Crippen LogP contribution in [0.3, 0.4) is 0 Å². The lowest BCUT2D eigenvalue weighted by Gasteiger charge is -2.36. The monoisotopic (exact) mass is 282 g/mol. The molecule has 3 heterocycles. The van der Waals surface area contributed by atoms with Gasteiger partial charge in [-0.15, -0.1) is 0 Å². The Morgan fingerprint density at radius 3 is 2.63 bits per heavy atom. The number of nitrogens with zero attached hydrogens (tertiary/aromatic N) is 2. The van der Waals surface area contributed by atoms with Gasteiger partial charge in [-0.2, -0.15) is 0 Å². The number of thiazole rings is 1. The van der Waals surface area contributed by atoms with E-state index in [0.29, 0.717) is 28.7 Å². The molecule has 7 heteroatoms. The van der Waals surface area contributed by atoms with Crippen LogP contribution in [0.25, 0.3) is 0 Å². The summed E-state index contributed by atoms with van der Waals surface area (Å²) in [5, 5.41) is 13.3. The number of aromatic nitrogens is 1. The number of aliphatic hydroxyl groups excluding tert-OH is 1. The van der Waals surface area contributed by atoms with Gasteiger partial charge in [0.25, 0.3) is 5.91 Å². The molecule has 0 saturated carbocycles. The summed E-state index contributed by atoms with van der Waals surface area (Å²) in [5.41, 5.74) is 5.83. The fraction of sp³-hybridized carbons (Fsp3) is 0.667. The van der Waals surface area contributed by atoms with Gasteiger partial charge in [0, 0.05) is 19.1 Å². The van der Waals surface area contributed by atoms with Crippen LogP contribution in [0.15, 0.2) is 0 Å². The van der Waals surface area contributed by atoms with E-state index in [4.69, 9.17) is 5.73 Å². The molecule has 0 aromatic carbocycles. The molecule has 1 aromatic heterocycles. The number of carbonyl (C=O) groups is 1. The molecule has 2 unspecified atom stereocenters. The van der Waals surface area contributed by atoms with Gasteiger partial charge in [-0.1, -0.05) is 11.3 Å². The van der Waals surface area contributed by atoms with Crippen molar-refractivity contribution >= 4 is 28.2 Å². The molecule has 1 aromatic rings. The van der Waals surface area contributed by atoms with Crippen molar-refractivity contribution in [2.75, 3.05) is 18.1 Å². The van der Waals surface area contributed by atoms with E-state index in [1.54, 1.807) is 7.05 Å². The van der Waals surface area contributed by atoms with Crippen LogP contribution >= 0.6 is 11.3 Å². The molecule has 6 nitrogen and oxygen atoms in total. The van der Waals surface area contributed by atoms with Gasteiger partial charge in [0.05, 0.1) is 6.10 Å². The van der Waals surface area contributed by atoms with Crippen LogP contribution in [0.2, 0.25) is 0 Å². The number of rotatable bonds is 2. The molecule has 2 saturated heterocycles. The van der Waals surface area contributed by atoms with Crippen molar-refractivity contribution in [3.8, 4) is 0 Å². The fourth-order valence-electron chi connectivity index (χ4n) is 3.19. The van der Waals surface area contributed by atoms with Crippen LogP contribution in [0, 0.1) is 0 Å². The maximum atomic E-state index is 12.6. The molecule has 0 aliphatic carbocycles. The number of carbonyl (C=O) groups excluding carboxylic acids is 1. The Bertz CT molecular complexity index is 490. The van der Waals surface area contributed by atoms with Gasteiger partial charge in [0.2, 0.25) is 0 Å². The molecule has 2 aliphatic rings. The Balaban J connectivity index is 1.86. The number of amides is 1. The van der Waals surface area contributed by atoms with Gasteiger partial charge in [0.15, 0.2) is 5.13 Å². The SMILES string of the molecule is CNc1nc(N)c(C(=O)N2C3CCC2CC(O)C3)s1. The Morgan fingerprint density at radius 1 is 1.47 bits per heavy atom. The largest absolute Gasteiger partial charge is 0.393 e. The van der Waals surface area contributed by atoms with E-state index in [1.165, 1.54) is 11.3 Å². The van der Waals surface area contributed by atoms with E-state index in [9.17, 15) is 9.90 Å². The summed E-state index contributed by atoms with van der Waals surface area (Å²) >= 11 is 1.29. The summed E-state index contributed by atoms with van der Waals surface area (Å²) in [6.45, 7) is 0. The van der Waals surface area contributed by atoms with E-state index in [0.717, 1.165) is 12.8 Å². The number of aliphatic hydroxyl groups is 1. The first kappa shape index (κ1) is 12.7. The second-order valence-corrected chi connectivity index (χ2v) is 6.21. The van der Waals surface area contributed by atoms with E-state index in [2.05, 4.69) is 10.3 Å². The first-order valence-electron chi connectivity index (χ1n) is 6.55. The van der Waals surface area contributed by atoms with Gasteiger partial charge >= 0.3 is 0 Å². The Morgan fingerprint density at radius 2 is 2.11 bits per heavy atom. The summed E-state index contributed by atoms with van der Waals surface area (Å²) in [5.74, 6) is 0.265. The van der Waals surface area contributed by atoms with Crippen LogP contribution in [-0.2, 0) is 0 Å². The minimum atomic E-state index is -0.270. The minimum absolute atomic E-state index is 0.0316. The van der Waals surface area contributed by atoms with Crippen molar-refractivity contribution in [1.82, 2.24) is 9.88 Å². The first-order chi connectivity index (χ1) is 9.10. The van der Waals surface area contributed by atoms with Crippen molar-refractivity contribution in [1.29, 1.82) is 0 Å². The third-order valence-electron chi connectivity index (χ3n) is 4.00. The predicted octanol–water partition coefficient (Wildman–Crippen LogP) is 0.895. The highest BCUT2D eigenvalue weighted by molar-refractivity contribution is 7.18. The molecule has 19 heavy (non-hydrogen) atoms. The molecule has 2 atom stereocenters. The lowest BCUT2D eigenvalue weighted by atomic mass is 10.00. The Kier molecular flexibility index (Phi) is 3.10. The van der Waals surface area contributed by atoms with E-state index < -0.39 is 0 Å². The normalized spacial score (nSPS) is 29.6. The van der Waals surface area contributed by atoms with Crippen molar-refractivity contribution in [3.05, 3.63) is 4.88 Å². The molecule has 1 amide bonds. The second-order valence-electron chi connectivity index (χ2n) is 5.21. The van der Waals surface area contributed by atoms with Crippen LogP contribution in [0.5, 0.6) is 0 Å². The molecule has 2 bridgehead atoms. The Labute approximate surface area is 115 Å². The van der Waals surface area contributed by atoms with E-state index in [1.807, 2.05) is 4.90 Å². The minimum Gasteiger partial charge on any atom is -0.393 e. The number of hydrogen-bond acceptors (Lipinski definition) is 6. The number of nitrogens with one attached hydrogen (secondary N) is 1. The molecule has 0 radical (unpaired) electrons. The molecular weight excluding hydrogens is 264 g/mol. The average molecular weight is 282 g/mol. The van der Waals surface area contributed by atoms with Crippen molar-refractivity contribution < 1.29 is 9.90 Å². The quantitative estimate of drug-likeness (QED) is 0.749. The number of piperidine rings is 1. The molecule has 2 fully saturated rings. The van der Waals surface area contributed by atoms with E-state index in [-0.39, 0.29) is 24.1 Å². The maximum absolute atomic E-state index is 12.6. The van der Waals surface area contributed by atoms with Gasteiger partial charge in [-0.05, 0) is 25.7 Å². The summed E-state index contributed by atoms with van der Waals surface area (Å²) in [6, 6.07) is 0.307. The summed E-state index contributed by atoms with van der Waals surface area (Å²) in [4.78, 5) is 19.2. The Hall–Kier alpha value is -1.34. The van der Waals surface area contributed by atoms with Gasteiger partial charge in [0.1, 0.15) is 10.7 Å². The average Bonchev–Trinajstić information content (AvgIpc) is 2.88. The topological polar surface area (TPSA) is 91.5 Å². The standard InChI is InChI=1S/C12H18N4O2S/c1-14-12-15-10(13)9(19-12)11(18)16-6-2-3-7(16)5-8(17)4-6/h6-8,17H,2-5,13H2,1H3,(H,14,15). The second kappa shape index (κ2) is 4.64. The van der Waals surface area contributed by atoms with Gasteiger partial charge in [-0.25, -0.2) is 4.98 Å². The molecule has 2 aliphatic heterocycles. The third kappa shape index (κ3) is 2.06. The molecule has 3 rings (SSSR count). The molecule has 0 spiro atoms. The first-order valence-corrected chi connectivity index (χ1v) is 7.36. The number of nitrogen functional groups attached to an aromatic ring is 1. The summed E-state index contributed by atoms with van der Waals surface area (Å²) in [7, 11) is 1.76. The van der Waals surface area contributed by atoms with Crippen molar-refractivity contribution in [2.45, 2.75) is 43.9 Å².